The summed E-state index contributed by atoms with van der Waals surface area (Å²) in [6.45, 7) is 1.22. The van der Waals surface area contributed by atoms with Crippen LogP contribution >= 0.6 is 34.8 Å². The fourth-order valence-corrected chi connectivity index (χ4v) is 6.23. The first-order valence-electron chi connectivity index (χ1n) is 12.8. The molecule has 1 fully saturated rings. The summed E-state index contributed by atoms with van der Waals surface area (Å²) in [6.07, 6.45) is 6.29. The molecule has 8 nitrogen and oxygen atoms in total. The van der Waals surface area contributed by atoms with Gasteiger partial charge in [0.2, 0.25) is 21.8 Å². The molecule has 0 saturated heterocycles. The average Bonchev–Trinajstić information content (AvgIpc) is 2.88. The van der Waals surface area contributed by atoms with Crippen LogP contribution in [-0.4, -0.2) is 57.1 Å². The van der Waals surface area contributed by atoms with Crippen LogP contribution in [-0.2, 0) is 26.2 Å². The maximum atomic E-state index is 13.9. The van der Waals surface area contributed by atoms with E-state index in [1.807, 2.05) is 6.92 Å². The van der Waals surface area contributed by atoms with Gasteiger partial charge in [0.25, 0.3) is 0 Å². The molecule has 1 atom stereocenters. The molecule has 1 saturated carbocycles. The van der Waals surface area contributed by atoms with Crippen molar-refractivity contribution in [2.45, 2.75) is 64.1 Å². The van der Waals surface area contributed by atoms with Crippen molar-refractivity contribution >= 4 is 62.3 Å². The summed E-state index contributed by atoms with van der Waals surface area (Å²) in [5, 5.41) is 4.14. The molecule has 2 aromatic carbocycles. The number of ether oxygens (including phenoxy) is 1. The van der Waals surface area contributed by atoms with E-state index in [0.717, 1.165) is 42.7 Å². The lowest BCUT2D eigenvalue weighted by Gasteiger charge is -2.34. The van der Waals surface area contributed by atoms with E-state index < -0.39 is 28.5 Å². The van der Waals surface area contributed by atoms with E-state index >= 15 is 0 Å². The lowest BCUT2D eigenvalue weighted by Crippen LogP contribution is -2.54. The second-order valence-corrected chi connectivity index (χ2v) is 12.8. The van der Waals surface area contributed by atoms with Gasteiger partial charge in [-0.15, -0.1) is 0 Å². The van der Waals surface area contributed by atoms with Gasteiger partial charge in [-0.1, -0.05) is 67.1 Å². The maximum Gasteiger partial charge on any atom is 0.244 e. The zero-order valence-corrected chi connectivity index (χ0v) is 25.3. The molecule has 0 heterocycles. The number of halogens is 3. The number of benzene rings is 2. The first-order chi connectivity index (χ1) is 18.4. The van der Waals surface area contributed by atoms with Gasteiger partial charge >= 0.3 is 0 Å². The van der Waals surface area contributed by atoms with Crippen molar-refractivity contribution in [1.82, 2.24) is 10.2 Å². The van der Waals surface area contributed by atoms with Crippen molar-refractivity contribution in [3.8, 4) is 5.75 Å². The highest BCUT2D eigenvalue weighted by Crippen LogP contribution is 2.33. The Morgan fingerprint density at radius 1 is 1.05 bits per heavy atom. The molecule has 12 heteroatoms. The van der Waals surface area contributed by atoms with Gasteiger partial charge in [0.1, 0.15) is 18.3 Å². The molecule has 39 heavy (non-hydrogen) atoms. The van der Waals surface area contributed by atoms with Crippen molar-refractivity contribution in [2.75, 3.05) is 24.2 Å². The van der Waals surface area contributed by atoms with Gasteiger partial charge in [-0.2, -0.15) is 0 Å². The molecule has 0 aromatic heterocycles. The number of anilines is 1. The Bertz CT molecular complexity index is 1290. The molecule has 0 aliphatic heterocycles. The highest BCUT2D eigenvalue weighted by atomic mass is 35.5. The SMILES string of the molecule is CC[C@H](C(=O)NC1CCCCC1)N(Cc1ccc(Cl)cc1Cl)C(=O)CN(c1cc(Cl)ccc1OC)S(C)(=O)=O. The van der Waals surface area contributed by atoms with Crippen LogP contribution < -0.4 is 14.4 Å². The van der Waals surface area contributed by atoms with Gasteiger partial charge in [-0.05, 0) is 55.2 Å². The summed E-state index contributed by atoms with van der Waals surface area (Å²) in [7, 11) is -2.56. The van der Waals surface area contributed by atoms with Crippen LogP contribution in [0.1, 0.15) is 51.0 Å². The Balaban J connectivity index is 1.99. The Kier molecular flexibility index (Phi) is 11.2. The molecule has 3 rings (SSSR count). The third-order valence-electron chi connectivity index (χ3n) is 6.78. The van der Waals surface area contributed by atoms with Crippen LogP contribution in [0.5, 0.6) is 5.75 Å². The van der Waals surface area contributed by atoms with E-state index in [1.54, 1.807) is 24.3 Å². The molecule has 2 amide bonds. The minimum atomic E-state index is -3.95. The number of nitrogens with one attached hydrogen (secondary N) is 1. The first kappa shape index (κ1) is 31.3. The molecule has 0 unspecified atom stereocenters. The minimum absolute atomic E-state index is 0.0181. The van der Waals surface area contributed by atoms with Crippen molar-refractivity contribution in [1.29, 1.82) is 0 Å². The second kappa shape index (κ2) is 13.9. The molecule has 1 N–H and O–H groups in total. The van der Waals surface area contributed by atoms with Crippen molar-refractivity contribution in [2.24, 2.45) is 0 Å². The highest BCUT2D eigenvalue weighted by Gasteiger charge is 2.34. The van der Waals surface area contributed by atoms with Gasteiger partial charge in [-0.3, -0.25) is 13.9 Å². The molecule has 1 aliphatic carbocycles. The second-order valence-electron chi connectivity index (χ2n) is 9.61. The van der Waals surface area contributed by atoms with Crippen LogP contribution in [0.3, 0.4) is 0 Å². The number of carbonyl (C=O) groups excluding carboxylic acids is 2. The van der Waals surface area contributed by atoms with Crippen molar-refractivity contribution < 1.29 is 22.7 Å². The highest BCUT2D eigenvalue weighted by molar-refractivity contribution is 7.92. The van der Waals surface area contributed by atoms with Crippen LogP contribution in [0.15, 0.2) is 36.4 Å². The molecule has 0 radical (unpaired) electrons. The third kappa shape index (κ3) is 8.39. The number of carbonyl (C=O) groups is 2. The largest absolute Gasteiger partial charge is 0.495 e. The van der Waals surface area contributed by atoms with E-state index in [1.165, 1.54) is 24.1 Å². The van der Waals surface area contributed by atoms with Crippen molar-refractivity contribution in [3.63, 3.8) is 0 Å². The number of hydrogen-bond donors (Lipinski definition) is 1. The predicted octanol–water partition coefficient (Wildman–Crippen LogP) is 5.68. The van der Waals surface area contributed by atoms with E-state index in [-0.39, 0.29) is 35.0 Å². The quantitative estimate of drug-likeness (QED) is 0.350. The number of amides is 2. The van der Waals surface area contributed by atoms with Crippen LogP contribution in [0.25, 0.3) is 0 Å². The maximum absolute atomic E-state index is 13.9. The van der Waals surface area contributed by atoms with Gasteiger partial charge < -0.3 is 15.0 Å². The fraction of sp³-hybridized carbons (Fsp3) is 0.481. The number of rotatable bonds is 11. The molecular weight excluding hydrogens is 585 g/mol. The zero-order chi connectivity index (χ0) is 28.7. The Morgan fingerprint density at radius 2 is 1.69 bits per heavy atom. The molecule has 0 spiro atoms. The Hall–Kier alpha value is -2.20. The molecule has 1 aliphatic rings. The summed E-state index contributed by atoms with van der Waals surface area (Å²) < 4.78 is 32.1. The topological polar surface area (TPSA) is 96.0 Å². The normalized spacial score (nSPS) is 14.9. The molecule has 0 bridgehead atoms. The molecular formula is C27H34Cl3N3O5S. The summed E-state index contributed by atoms with van der Waals surface area (Å²) in [5.41, 5.74) is 0.689. The Labute approximate surface area is 245 Å². The minimum Gasteiger partial charge on any atom is -0.495 e. The van der Waals surface area contributed by atoms with Gasteiger partial charge in [0, 0.05) is 27.7 Å². The predicted molar refractivity (Wildman–Crippen MR) is 156 cm³/mol. The van der Waals surface area contributed by atoms with E-state index in [2.05, 4.69) is 5.32 Å². The van der Waals surface area contributed by atoms with E-state index in [0.29, 0.717) is 22.0 Å². The summed E-state index contributed by atoms with van der Waals surface area (Å²) in [5.74, 6) is -0.639. The summed E-state index contributed by atoms with van der Waals surface area (Å²) in [6, 6.07) is 8.58. The third-order valence-corrected chi connectivity index (χ3v) is 8.73. The number of methoxy groups -OCH3 is 1. The van der Waals surface area contributed by atoms with Crippen LogP contribution in [0.4, 0.5) is 5.69 Å². The standard InChI is InChI=1S/C27H34Cl3N3O5S/c1-4-23(27(35)31-21-8-6-5-7-9-21)32(16-18-10-11-19(28)14-22(18)30)26(34)17-33(39(3,36)37)24-15-20(29)12-13-25(24)38-2/h10-15,21,23H,4-9,16-17H2,1-3H3,(H,31,35)/t23-/m1/s1. The van der Waals surface area contributed by atoms with Gasteiger partial charge in [0.05, 0.1) is 19.1 Å². The molecule has 214 valence electrons. The lowest BCUT2D eigenvalue weighted by molar-refractivity contribution is -0.140. The first-order valence-corrected chi connectivity index (χ1v) is 15.8. The van der Waals surface area contributed by atoms with Crippen LogP contribution in [0, 0.1) is 0 Å². The zero-order valence-electron chi connectivity index (χ0n) is 22.3. The summed E-state index contributed by atoms with van der Waals surface area (Å²) >= 11 is 18.7. The smallest absolute Gasteiger partial charge is 0.244 e. The van der Waals surface area contributed by atoms with Gasteiger partial charge in [-0.25, -0.2) is 8.42 Å². The average molecular weight is 619 g/mol. The lowest BCUT2D eigenvalue weighted by atomic mass is 9.95. The monoisotopic (exact) mass is 617 g/mol. The number of hydrogen-bond acceptors (Lipinski definition) is 5. The summed E-state index contributed by atoms with van der Waals surface area (Å²) in [4.78, 5) is 28.8. The van der Waals surface area contributed by atoms with Crippen LogP contribution in [0.2, 0.25) is 15.1 Å². The van der Waals surface area contributed by atoms with Crippen molar-refractivity contribution in [3.05, 3.63) is 57.0 Å². The number of nitrogens with zero attached hydrogens (tertiary/aromatic N) is 2. The van der Waals surface area contributed by atoms with E-state index in [4.69, 9.17) is 39.5 Å². The molecule has 2 aromatic rings. The van der Waals surface area contributed by atoms with E-state index in [9.17, 15) is 18.0 Å². The van der Waals surface area contributed by atoms with Gasteiger partial charge in [0.15, 0.2) is 0 Å². The Morgan fingerprint density at radius 3 is 2.28 bits per heavy atom. The number of sulfonamides is 1. The fourth-order valence-electron chi connectivity index (χ4n) is 4.75.